The fraction of sp³-hybridized carbons (Fsp3) is 0.938. The molecule has 118 valence electrons. The molecule has 4 heteroatoms. The summed E-state index contributed by atoms with van der Waals surface area (Å²) in [6, 6.07) is 0.228. The summed E-state index contributed by atoms with van der Waals surface area (Å²) in [5.41, 5.74) is 0.0854. The van der Waals surface area contributed by atoms with Gasteiger partial charge in [0.25, 0.3) is 0 Å². The van der Waals surface area contributed by atoms with Gasteiger partial charge in [-0.25, -0.2) is 0 Å². The highest BCUT2D eigenvalue weighted by molar-refractivity contribution is 5.81. The van der Waals surface area contributed by atoms with Crippen molar-refractivity contribution in [3.8, 4) is 0 Å². The minimum absolute atomic E-state index is 0.0656. The number of rotatable bonds is 7. The van der Waals surface area contributed by atoms with E-state index in [1.54, 1.807) is 0 Å². The van der Waals surface area contributed by atoms with Crippen molar-refractivity contribution in [1.82, 2.24) is 10.2 Å². The summed E-state index contributed by atoms with van der Waals surface area (Å²) in [7, 11) is 0. The zero-order valence-corrected chi connectivity index (χ0v) is 13.6. The van der Waals surface area contributed by atoms with Gasteiger partial charge < -0.3 is 10.4 Å². The number of carbonyl (C=O) groups excluding carboxylic acids is 1. The number of piperidine rings is 1. The second-order valence-corrected chi connectivity index (χ2v) is 6.25. The van der Waals surface area contributed by atoms with Crippen LogP contribution >= 0.6 is 0 Å². The van der Waals surface area contributed by atoms with Crippen LogP contribution in [0.4, 0.5) is 0 Å². The van der Waals surface area contributed by atoms with Gasteiger partial charge >= 0.3 is 0 Å². The lowest BCUT2D eigenvalue weighted by Gasteiger charge is -2.42. The van der Waals surface area contributed by atoms with E-state index in [-0.39, 0.29) is 24.0 Å². The number of hydrogen-bond donors (Lipinski definition) is 2. The molecule has 1 amide bonds. The first-order chi connectivity index (χ1) is 9.51. The molecule has 1 heterocycles. The minimum atomic E-state index is -0.0656. The van der Waals surface area contributed by atoms with Gasteiger partial charge in [-0.1, -0.05) is 20.8 Å². The number of carbonyl (C=O) groups is 1. The van der Waals surface area contributed by atoms with Crippen LogP contribution in [0.1, 0.15) is 59.8 Å². The lowest BCUT2D eigenvalue weighted by molar-refractivity contribution is -0.127. The lowest BCUT2D eigenvalue weighted by Crippen LogP contribution is -2.52. The Balaban J connectivity index is 2.49. The predicted molar refractivity (Wildman–Crippen MR) is 82.6 cm³/mol. The molecule has 1 aliphatic heterocycles. The molecule has 2 N–H and O–H groups in total. The quantitative estimate of drug-likeness (QED) is 0.753. The Hall–Kier alpha value is -0.610. The molecule has 0 aromatic carbocycles. The van der Waals surface area contributed by atoms with Crippen molar-refractivity contribution in [1.29, 1.82) is 0 Å². The van der Waals surface area contributed by atoms with Crippen molar-refractivity contribution in [3.63, 3.8) is 0 Å². The molecule has 0 aromatic heterocycles. The van der Waals surface area contributed by atoms with E-state index in [4.69, 9.17) is 0 Å². The summed E-state index contributed by atoms with van der Waals surface area (Å²) in [4.78, 5) is 14.5. The van der Waals surface area contributed by atoms with E-state index in [2.05, 4.69) is 31.0 Å². The Kier molecular flexibility index (Phi) is 6.96. The van der Waals surface area contributed by atoms with E-state index >= 15 is 0 Å². The smallest absolute Gasteiger partial charge is 0.237 e. The van der Waals surface area contributed by atoms with Crippen molar-refractivity contribution in [3.05, 3.63) is 0 Å². The number of likely N-dealkylation sites (tertiary alicyclic amines) is 1. The Morgan fingerprint density at radius 1 is 1.25 bits per heavy atom. The summed E-state index contributed by atoms with van der Waals surface area (Å²) in [5.74, 6) is 0.145. The zero-order valence-electron chi connectivity index (χ0n) is 13.6. The fourth-order valence-electron chi connectivity index (χ4n) is 2.99. The number of aliphatic hydroxyl groups is 1. The monoisotopic (exact) mass is 284 g/mol. The normalized spacial score (nSPS) is 20.9. The van der Waals surface area contributed by atoms with Crippen LogP contribution in [-0.4, -0.2) is 47.7 Å². The summed E-state index contributed by atoms with van der Waals surface area (Å²) in [6.45, 7) is 10.4. The van der Waals surface area contributed by atoms with Crippen molar-refractivity contribution in [2.45, 2.75) is 71.9 Å². The van der Waals surface area contributed by atoms with Crippen LogP contribution in [0.15, 0.2) is 0 Å². The van der Waals surface area contributed by atoms with E-state index < -0.39 is 0 Å². The standard InChI is InChI=1S/C16H32N2O2/c1-5-14(6-2)17-15(20)13(4)18-10-8-16(7-3,12-19)9-11-18/h13-14,19H,5-12H2,1-4H3,(H,17,20). The molecule has 0 bridgehead atoms. The average molecular weight is 284 g/mol. The maximum Gasteiger partial charge on any atom is 0.237 e. The largest absolute Gasteiger partial charge is 0.396 e. The molecule has 0 spiro atoms. The van der Waals surface area contributed by atoms with E-state index in [9.17, 15) is 9.90 Å². The summed E-state index contributed by atoms with van der Waals surface area (Å²) < 4.78 is 0. The third-order valence-corrected chi connectivity index (χ3v) is 5.20. The van der Waals surface area contributed by atoms with Crippen LogP contribution in [-0.2, 0) is 4.79 Å². The summed E-state index contributed by atoms with van der Waals surface area (Å²) >= 11 is 0. The van der Waals surface area contributed by atoms with Crippen molar-refractivity contribution in [2.24, 2.45) is 5.41 Å². The lowest BCUT2D eigenvalue weighted by atomic mass is 9.76. The van der Waals surface area contributed by atoms with Gasteiger partial charge in [-0.3, -0.25) is 9.69 Å². The van der Waals surface area contributed by atoms with Gasteiger partial charge in [-0.05, 0) is 57.5 Å². The Morgan fingerprint density at radius 3 is 2.20 bits per heavy atom. The first kappa shape index (κ1) is 17.4. The van der Waals surface area contributed by atoms with Gasteiger partial charge in [0.15, 0.2) is 0 Å². The summed E-state index contributed by atoms with van der Waals surface area (Å²) in [5, 5.41) is 12.7. The van der Waals surface area contributed by atoms with E-state index in [0.29, 0.717) is 6.04 Å². The van der Waals surface area contributed by atoms with Crippen LogP contribution in [0, 0.1) is 5.41 Å². The van der Waals surface area contributed by atoms with Crippen LogP contribution in [0.3, 0.4) is 0 Å². The first-order valence-corrected chi connectivity index (χ1v) is 8.17. The SMILES string of the molecule is CCC(CC)NC(=O)C(C)N1CCC(CC)(CO)CC1. The van der Waals surface area contributed by atoms with Crippen molar-refractivity contribution in [2.75, 3.05) is 19.7 Å². The van der Waals surface area contributed by atoms with Gasteiger partial charge in [0, 0.05) is 12.6 Å². The second kappa shape index (κ2) is 7.99. The number of hydrogen-bond acceptors (Lipinski definition) is 3. The number of nitrogens with one attached hydrogen (secondary N) is 1. The highest BCUT2D eigenvalue weighted by Crippen LogP contribution is 2.34. The third kappa shape index (κ3) is 4.19. The second-order valence-electron chi connectivity index (χ2n) is 6.25. The predicted octanol–water partition coefficient (Wildman–Crippen LogP) is 2.16. The maximum atomic E-state index is 12.3. The first-order valence-electron chi connectivity index (χ1n) is 8.17. The van der Waals surface area contributed by atoms with Crippen LogP contribution in [0.2, 0.25) is 0 Å². The van der Waals surface area contributed by atoms with E-state index in [0.717, 1.165) is 45.2 Å². The van der Waals surface area contributed by atoms with E-state index in [1.807, 2.05) is 6.92 Å². The van der Waals surface area contributed by atoms with Crippen LogP contribution < -0.4 is 5.32 Å². The fourth-order valence-corrected chi connectivity index (χ4v) is 2.99. The molecule has 0 saturated carbocycles. The molecule has 0 radical (unpaired) electrons. The number of nitrogens with zero attached hydrogens (tertiary/aromatic N) is 1. The maximum absolute atomic E-state index is 12.3. The third-order valence-electron chi connectivity index (χ3n) is 5.20. The molecule has 4 nitrogen and oxygen atoms in total. The molecule has 1 aliphatic rings. The topological polar surface area (TPSA) is 52.6 Å². The molecule has 1 unspecified atom stereocenters. The Morgan fingerprint density at radius 2 is 1.80 bits per heavy atom. The van der Waals surface area contributed by atoms with Gasteiger partial charge in [0.2, 0.25) is 5.91 Å². The molecule has 1 rings (SSSR count). The molecular formula is C16H32N2O2. The summed E-state index contributed by atoms with van der Waals surface area (Å²) in [6.07, 6.45) is 4.97. The molecule has 1 atom stereocenters. The van der Waals surface area contributed by atoms with Gasteiger partial charge in [0.05, 0.1) is 6.04 Å². The van der Waals surface area contributed by atoms with Gasteiger partial charge in [-0.2, -0.15) is 0 Å². The molecule has 1 fully saturated rings. The van der Waals surface area contributed by atoms with Gasteiger partial charge in [0.1, 0.15) is 0 Å². The molecule has 20 heavy (non-hydrogen) atoms. The van der Waals surface area contributed by atoms with E-state index in [1.165, 1.54) is 0 Å². The minimum Gasteiger partial charge on any atom is -0.396 e. The zero-order chi connectivity index (χ0) is 15.2. The van der Waals surface area contributed by atoms with Crippen molar-refractivity contribution >= 4 is 5.91 Å². The highest BCUT2D eigenvalue weighted by atomic mass is 16.3. The molecular weight excluding hydrogens is 252 g/mol. The van der Waals surface area contributed by atoms with Crippen LogP contribution in [0.25, 0.3) is 0 Å². The van der Waals surface area contributed by atoms with Crippen molar-refractivity contribution < 1.29 is 9.90 Å². The molecule has 1 saturated heterocycles. The van der Waals surface area contributed by atoms with Gasteiger partial charge in [-0.15, -0.1) is 0 Å². The number of amides is 1. The number of aliphatic hydroxyl groups excluding tert-OH is 1. The molecule has 0 aliphatic carbocycles. The Bertz CT molecular complexity index is 289. The average Bonchev–Trinajstić information content (AvgIpc) is 2.51. The van der Waals surface area contributed by atoms with Crippen LogP contribution in [0.5, 0.6) is 0 Å². The molecule has 0 aromatic rings. The Labute approximate surface area is 123 Å². The highest BCUT2D eigenvalue weighted by Gasteiger charge is 2.35.